The minimum Gasteiger partial charge on any atom is -0.444 e. The number of para-hydroxylation sites is 2. The second-order valence-electron chi connectivity index (χ2n) is 7.27. The summed E-state index contributed by atoms with van der Waals surface area (Å²) in [6, 6.07) is 8.29. The van der Waals surface area contributed by atoms with Gasteiger partial charge in [0.2, 0.25) is 0 Å². The summed E-state index contributed by atoms with van der Waals surface area (Å²) in [5.41, 5.74) is 1.25. The van der Waals surface area contributed by atoms with Crippen LogP contribution in [0.3, 0.4) is 0 Å². The molecule has 1 aromatic rings. The third-order valence-corrected chi connectivity index (χ3v) is 3.94. The summed E-state index contributed by atoms with van der Waals surface area (Å²) in [4.78, 5) is 12.0. The molecule has 1 aromatic carbocycles. The average molecular weight is 304 g/mol. The first-order valence-corrected chi connectivity index (χ1v) is 8.19. The molecule has 2 N–H and O–H groups in total. The molecule has 1 saturated carbocycles. The standard InChI is InChI=1S/C18H28N2O2/c1-13-9-11-14(12-10-13)19-15-7-5-6-8-16(15)20-17(21)22-18(2,3)4/h5-8,13-14,19H,9-12H2,1-4H3,(H,20,21). The summed E-state index contributed by atoms with van der Waals surface area (Å²) in [5, 5.41) is 6.41. The second-order valence-corrected chi connectivity index (χ2v) is 7.27. The number of carbonyl (C=O) groups excluding carboxylic acids is 1. The highest BCUT2D eigenvalue weighted by molar-refractivity contribution is 5.89. The first kappa shape index (κ1) is 16.7. The first-order chi connectivity index (χ1) is 10.3. The Morgan fingerprint density at radius 2 is 1.68 bits per heavy atom. The van der Waals surface area contributed by atoms with Gasteiger partial charge in [0.05, 0.1) is 11.4 Å². The van der Waals surface area contributed by atoms with Crippen molar-refractivity contribution in [3.63, 3.8) is 0 Å². The smallest absolute Gasteiger partial charge is 0.412 e. The maximum atomic E-state index is 12.0. The SMILES string of the molecule is CC1CCC(Nc2ccccc2NC(=O)OC(C)(C)C)CC1. The predicted octanol–water partition coefficient (Wildman–Crippen LogP) is 5.02. The van der Waals surface area contributed by atoms with Crippen molar-refractivity contribution in [1.29, 1.82) is 0 Å². The summed E-state index contributed by atoms with van der Waals surface area (Å²) in [6.07, 6.45) is 4.47. The Hall–Kier alpha value is -1.71. The molecule has 1 aliphatic rings. The summed E-state index contributed by atoms with van der Waals surface area (Å²) >= 11 is 0. The van der Waals surface area contributed by atoms with E-state index in [1.807, 2.05) is 45.0 Å². The minimum atomic E-state index is -0.494. The van der Waals surface area contributed by atoms with Crippen LogP contribution < -0.4 is 10.6 Å². The quantitative estimate of drug-likeness (QED) is 0.824. The van der Waals surface area contributed by atoms with Gasteiger partial charge in [0, 0.05) is 6.04 Å². The van der Waals surface area contributed by atoms with Gasteiger partial charge in [-0.25, -0.2) is 4.79 Å². The van der Waals surface area contributed by atoms with Gasteiger partial charge in [0.15, 0.2) is 0 Å². The second kappa shape index (κ2) is 7.03. The molecule has 2 rings (SSSR count). The summed E-state index contributed by atoms with van der Waals surface area (Å²) < 4.78 is 5.32. The van der Waals surface area contributed by atoms with Crippen LogP contribution in [-0.2, 0) is 4.74 Å². The number of anilines is 2. The van der Waals surface area contributed by atoms with Crippen molar-refractivity contribution >= 4 is 17.5 Å². The number of hydrogen-bond donors (Lipinski definition) is 2. The van der Waals surface area contributed by atoms with E-state index in [0.717, 1.165) is 17.3 Å². The van der Waals surface area contributed by atoms with Crippen LogP contribution in [0.5, 0.6) is 0 Å². The highest BCUT2D eigenvalue weighted by atomic mass is 16.6. The monoisotopic (exact) mass is 304 g/mol. The van der Waals surface area contributed by atoms with Crippen molar-refractivity contribution < 1.29 is 9.53 Å². The van der Waals surface area contributed by atoms with Gasteiger partial charge in [-0.05, 0) is 64.5 Å². The van der Waals surface area contributed by atoms with E-state index in [9.17, 15) is 4.79 Å². The molecule has 0 aliphatic heterocycles. The number of benzene rings is 1. The van der Waals surface area contributed by atoms with E-state index in [-0.39, 0.29) is 0 Å². The first-order valence-electron chi connectivity index (χ1n) is 8.19. The lowest BCUT2D eigenvalue weighted by Gasteiger charge is -2.28. The molecule has 0 saturated heterocycles. The molecule has 0 heterocycles. The molecule has 0 radical (unpaired) electrons. The number of rotatable bonds is 3. The average Bonchev–Trinajstić information content (AvgIpc) is 2.41. The lowest BCUT2D eigenvalue weighted by atomic mass is 9.87. The fraction of sp³-hybridized carbons (Fsp3) is 0.611. The molecule has 122 valence electrons. The molecule has 1 amide bonds. The molecule has 22 heavy (non-hydrogen) atoms. The molecule has 4 heteroatoms. The van der Waals surface area contributed by atoms with Gasteiger partial charge >= 0.3 is 6.09 Å². The van der Waals surface area contributed by atoms with E-state index in [4.69, 9.17) is 4.74 Å². The van der Waals surface area contributed by atoms with E-state index < -0.39 is 11.7 Å². The molecule has 1 fully saturated rings. The lowest BCUT2D eigenvalue weighted by molar-refractivity contribution is 0.0636. The lowest BCUT2D eigenvalue weighted by Crippen LogP contribution is -2.28. The highest BCUT2D eigenvalue weighted by Gasteiger charge is 2.20. The van der Waals surface area contributed by atoms with Crippen molar-refractivity contribution in [3.05, 3.63) is 24.3 Å². The number of amides is 1. The van der Waals surface area contributed by atoms with Crippen LogP contribution >= 0.6 is 0 Å². The van der Waals surface area contributed by atoms with Crippen LogP contribution in [0.15, 0.2) is 24.3 Å². The molecule has 1 aliphatic carbocycles. The Morgan fingerprint density at radius 3 is 2.27 bits per heavy atom. The van der Waals surface area contributed by atoms with Crippen molar-refractivity contribution in [2.75, 3.05) is 10.6 Å². The third-order valence-electron chi connectivity index (χ3n) is 3.94. The Morgan fingerprint density at radius 1 is 1.09 bits per heavy atom. The van der Waals surface area contributed by atoms with E-state index in [1.165, 1.54) is 25.7 Å². The number of ether oxygens (including phenoxy) is 1. The van der Waals surface area contributed by atoms with Crippen LogP contribution in [-0.4, -0.2) is 17.7 Å². The Bertz CT molecular complexity index is 500. The predicted molar refractivity (Wildman–Crippen MR) is 91.3 cm³/mol. The van der Waals surface area contributed by atoms with Crippen LogP contribution in [0.25, 0.3) is 0 Å². The molecule has 4 nitrogen and oxygen atoms in total. The third kappa shape index (κ3) is 5.24. The fourth-order valence-corrected chi connectivity index (χ4v) is 2.76. The zero-order chi connectivity index (χ0) is 16.2. The number of nitrogens with one attached hydrogen (secondary N) is 2. The fourth-order valence-electron chi connectivity index (χ4n) is 2.76. The van der Waals surface area contributed by atoms with Crippen LogP contribution in [0.4, 0.5) is 16.2 Å². The Kier molecular flexibility index (Phi) is 5.33. The summed E-state index contributed by atoms with van der Waals surface area (Å²) in [6.45, 7) is 7.90. The topological polar surface area (TPSA) is 50.4 Å². The largest absolute Gasteiger partial charge is 0.444 e. The van der Waals surface area contributed by atoms with Crippen molar-refractivity contribution in [2.24, 2.45) is 5.92 Å². The van der Waals surface area contributed by atoms with Crippen molar-refractivity contribution in [3.8, 4) is 0 Å². The van der Waals surface area contributed by atoms with E-state index in [2.05, 4.69) is 17.6 Å². The zero-order valence-electron chi connectivity index (χ0n) is 14.1. The number of carbonyl (C=O) groups is 1. The molecule has 0 bridgehead atoms. The van der Waals surface area contributed by atoms with Crippen molar-refractivity contribution in [1.82, 2.24) is 0 Å². The van der Waals surface area contributed by atoms with Gasteiger partial charge in [-0.1, -0.05) is 19.1 Å². The van der Waals surface area contributed by atoms with E-state index in [0.29, 0.717) is 6.04 Å². The van der Waals surface area contributed by atoms with Gasteiger partial charge in [-0.15, -0.1) is 0 Å². The van der Waals surface area contributed by atoms with Crippen LogP contribution in [0, 0.1) is 5.92 Å². The van der Waals surface area contributed by atoms with Gasteiger partial charge in [0.1, 0.15) is 5.60 Å². The van der Waals surface area contributed by atoms with Crippen LogP contribution in [0.1, 0.15) is 53.4 Å². The molecule has 0 unspecified atom stereocenters. The molecule has 0 atom stereocenters. The van der Waals surface area contributed by atoms with Gasteiger partial charge in [0.25, 0.3) is 0 Å². The van der Waals surface area contributed by atoms with Crippen LogP contribution in [0.2, 0.25) is 0 Å². The minimum absolute atomic E-state index is 0.418. The molecular weight excluding hydrogens is 276 g/mol. The van der Waals surface area contributed by atoms with E-state index >= 15 is 0 Å². The van der Waals surface area contributed by atoms with Gasteiger partial charge < -0.3 is 10.1 Å². The van der Waals surface area contributed by atoms with Crippen molar-refractivity contribution in [2.45, 2.75) is 65.0 Å². The summed E-state index contributed by atoms with van der Waals surface area (Å²) in [5.74, 6) is 0.827. The van der Waals surface area contributed by atoms with Gasteiger partial charge in [-0.3, -0.25) is 5.32 Å². The maximum absolute atomic E-state index is 12.0. The molecule has 0 aromatic heterocycles. The zero-order valence-corrected chi connectivity index (χ0v) is 14.1. The summed E-state index contributed by atoms with van der Waals surface area (Å²) in [7, 11) is 0. The normalized spacial score (nSPS) is 22.0. The highest BCUT2D eigenvalue weighted by Crippen LogP contribution is 2.29. The van der Waals surface area contributed by atoms with Gasteiger partial charge in [-0.2, -0.15) is 0 Å². The molecule has 0 spiro atoms. The maximum Gasteiger partial charge on any atom is 0.412 e. The number of hydrogen-bond acceptors (Lipinski definition) is 3. The Balaban J connectivity index is 1.99. The van der Waals surface area contributed by atoms with E-state index in [1.54, 1.807) is 0 Å². The Labute approximate surface area is 133 Å². The molecular formula is C18H28N2O2.